The SMILES string of the molecule is CCNCc1sc(N2CCC(C(C)C)C2)nc1CC. The molecule has 19 heavy (non-hydrogen) atoms. The summed E-state index contributed by atoms with van der Waals surface area (Å²) in [5.74, 6) is 1.63. The molecule has 1 aliphatic heterocycles. The zero-order chi connectivity index (χ0) is 13.8. The first-order chi connectivity index (χ1) is 9.15. The van der Waals surface area contributed by atoms with Crippen molar-refractivity contribution >= 4 is 16.5 Å². The molecule has 1 unspecified atom stereocenters. The Labute approximate surface area is 121 Å². The van der Waals surface area contributed by atoms with Crippen molar-refractivity contribution in [3.63, 3.8) is 0 Å². The summed E-state index contributed by atoms with van der Waals surface area (Å²) >= 11 is 1.89. The standard InChI is InChI=1S/C15H27N3S/c1-5-13-14(9-16-6-2)19-15(17-13)18-8-7-12(10-18)11(3)4/h11-12,16H,5-10H2,1-4H3. The van der Waals surface area contributed by atoms with Gasteiger partial charge in [-0.3, -0.25) is 0 Å². The highest BCUT2D eigenvalue weighted by atomic mass is 32.1. The summed E-state index contributed by atoms with van der Waals surface area (Å²) in [6.45, 7) is 13.4. The van der Waals surface area contributed by atoms with E-state index in [1.807, 2.05) is 11.3 Å². The second-order valence-corrected chi connectivity index (χ2v) is 6.80. The van der Waals surface area contributed by atoms with Crippen molar-refractivity contribution in [2.24, 2.45) is 11.8 Å². The molecule has 0 bridgehead atoms. The molecular weight excluding hydrogens is 254 g/mol. The molecule has 1 N–H and O–H groups in total. The molecule has 0 saturated carbocycles. The first-order valence-electron chi connectivity index (χ1n) is 7.59. The Morgan fingerprint density at radius 2 is 2.21 bits per heavy atom. The van der Waals surface area contributed by atoms with E-state index < -0.39 is 0 Å². The van der Waals surface area contributed by atoms with Crippen molar-refractivity contribution in [2.45, 2.75) is 47.1 Å². The monoisotopic (exact) mass is 281 g/mol. The number of rotatable bonds is 6. The lowest BCUT2D eigenvalue weighted by Crippen LogP contribution is -2.20. The third-order valence-corrected chi connectivity index (χ3v) is 5.23. The normalized spacial score (nSPS) is 19.6. The summed E-state index contributed by atoms with van der Waals surface area (Å²) < 4.78 is 0. The number of aromatic nitrogens is 1. The van der Waals surface area contributed by atoms with E-state index in [9.17, 15) is 0 Å². The van der Waals surface area contributed by atoms with E-state index in [1.54, 1.807) is 0 Å². The third-order valence-electron chi connectivity index (χ3n) is 4.08. The van der Waals surface area contributed by atoms with Crippen molar-refractivity contribution in [2.75, 3.05) is 24.5 Å². The van der Waals surface area contributed by atoms with E-state index in [4.69, 9.17) is 4.98 Å². The van der Waals surface area contributed by atoms with Gasteiger partial charge in [-0.2, -0.15) is 0 Å². The minimum absolute atomic E-state index is 0.789. The maximum Gasteiger partial charge on any atom is 0.185 e. The lowest BCUT2D eigenvalue weighted by atomic mass is 9.95. The van der Waals surface area contributed by atoms with Gasteiger partial charge in [0.2, 0.25) is 0 Å². The molecule has 0 spiro atoms. The molecule has 1 aliphatic rings. The largest absolute Gasteiger partial charge is 0.348 e. The van der Waals surface area contributed by atoms with Gasteiger partial charge in [0.15, 0.2) is 5.13 Å². The van der Waals surface area contributed by atoms with Crippen molar-refractivity contribution in [1.82, 2.24) is 10.3 Å². The number of anilines is 1. The van der Waals surface area contributed by atoms with Gasteiger partial charge in [-0.25, -0.2) is 4.98 Å². The molecule has 0 aromatic carbocycles. The Morgan fingerprint density at radius 1 is 1.42 bits per heavy atom. The number of nitrogens with zero attached hydrogens (tertiary/aromatic N) is 2. The zero-order valence-corrected chi connectivity index (χ0v) is 13.5. The summed E-state index contributed by atoms with van der Waals surface area (Å²) in [6.07, 6.45) is 2.36. The van der Waals surface area contributed by atoms with Gasteiger partial charge in [-0.05, 0) is 31.2 Å². The van der Waals surface area contributed by atoms with Crippen LogP contribution < -0.4 is 10.2 Å². The Morgan fingerprint density at radius 3 is 2.79 bits per heavy atom. The Bertz CT molecular complexity index is 400. The smallest absolute Gasteiger partial charge is 0.185 e. The van der Waals surface area contributed by atoms with Crippen LogP contribution in [0.4, 0.5) is 5.13 Å². The molecule has 3 nitrogen and oxygen atoms in total. The molecule has 1 saturated heterocycles. The molecule has 1 atom stereocenters. The highest BCUT2D eigenvalue weighted by Gasteiger charge is 2.27. The fraction of sp³-hybridized carbons (Fsp3) is 0.800. The van der Waals surface area contributed by atoms with Gasteiger partial charge in [-0.15, -0.1) is 11.3 Å². The molecule has 0 amide bonds. The number of aryl methyl sites for hydroxylation is 1. The van der Waals surface area contributed by atoms with E-state index in [-0.39, 0.29) is 0 Å². The maximum absolute atomic E-state index is 4.86. The average Bonchev–Trinajstić information content (AvgIpc) is 3.02. The van der Waals surface area contributed by atoms with E-state index in [0.717, 1.165) is 31.3 Å². The molecule has 2 heterocycles. The fourth-order valence-electron chi connectivity index (χ4n) is 2.66. The molecule has 108 valence electrons. The van der Waals surface area contributed by atoms with E-state index in [2.05, 4.69) is 37.9 Å². The quantitative estimate of drug-likeness (QED) is 0.867. The third kappa shape index (κ3) is 3.48. The summed E-state index contributed by atoms with van der Waals surface area (Å²) in [4.78, 5) is 8.78. The van der Waals surface area contributed by atoms with Crippen molar-refractivity contribution in [3.8, 4) is 0 Å². The molecule has 1 fully saturated rings. The highest BCUT2D eigenvalue weighted by molar-refractivity contribution is 7.15. The number of hydrogen-bond donors (Lipinski definition) is 1. The topological polar surface area (TPSA) is 28.2 Å². The molecule has 4 heteroatoms. The van der Waals surface area contributed by atoms with Gasteiger partial charge in [0, 0.05) is 24.5 Å². The Kier molecular flexibility index (Phi) is 5.22. The summed E-state index contributed by atoms with van der Waals surface area (Å²) in [5, 5.41) is 4.67. The summed E-state index contributed by atoms with van der Waals surface area (Å²) in [5.41, 5.74) is 1.29. The van der Waals surface area contributed by atoms with Gasteiger partial charge in [-0.1, -0.05) is 27.7 Å². The van der Waals surface area contributed by atoms with E-state index in [0.29, 0.717) is 0 Å². The number of nitrogens with one attached hydrogen (secondary N) is 1. The average molecular weight is 281 g/mol. The van der Waals surface area contributed by atoms with Crippen LogP contribution >= 0.6 is 11.3 Å². The van der Waals surface area contributed by atoms with Crippen LogP contribution in [0.3, 0.4) is 0 Å². The first kappa shape index (κ1) is 14.8. The summed E-state index contributed by atoms with van der Waals surface area (Å²) in [6, 6.07) is 0. The molecular formula is C15H27N3S. The van der Waals surface area contributed by atoms with Crippen LogP contribution in [0, 0.1) is 11.8 Å². The number of hydrogen-bond acceptors (Lipinski definition) is 4. The van der Waals surface area contributed by atoms with Crippen LogP contribution in [-0.2, 0) is 13.0 Å². The zero-order valence-electron chi connectivity index (χ0n) is 12.7. The maximum atomic E-state index is 4.86. The number of thiazole rings is 1. The van der Waals surface area contributed by atoms with Gasteiger partial charge < -0.3 is 10.2 Å². The van der Waals surface area contributed by atoms with Crippen LogP contribution in [0.15, 0.2) is 0 Å². The van der Waals surface area contributed by atoms with Gasteiger partial charge in [0.1, 0.15) is 0 Å². The van der Waals surface area contributed by atoms with E-state index >= 15 is 0 Å². The predicted molar refractivity (Wildman–Crippen MR) is 84.0 cm³/mol. The van der Waals surface area contributed by atoms with Crippen LogP contribution in [0.1, 0.15) is 44.7 Å². The van der Waals surface area contributed by atoms with Crippen molar-refractivity contribution in [3.05, 3.63) is 10.6 Å². The van der Waals surface area contributed by atoms with Crippen LogP contribution in [0.5, 0.6) is 0 Å². The molecule has 2 rings (SSSR count). The van der Waals surface area contributed by atoms with Gasteiger partial charge >= 0.3 is 0 Å². The molecule has 0 aliphatic carbocycles. The fourth-order valence-corrected chi connectivity index (χ4v) is 3.82. The van der Waals surface area contributed by atoms with Gasteiger partial charge in [0.05, 0.1) is 5.69 Å². The predicted octanol–water partition coefficient (Wildman–Crippen LogP) is 3.30. The van der Waals surface area contributed by atoms with Crippen LogP contribution in [0.2, 0.25) is 0 Å². The highest BCUT2D eigenvalue weighted by Crippen LogP contribution is 2.32. The van der Waals surface area contributed by atoms with Crippen LogP contribution in [-0.4, -0.2) is 24.6 Å². The van der Waals surface area contributed by atoms with E-state index in [1.165, 1.54) is 35.2 Å². The minimum Gasteiger partial charge on any atom is -0.348 e. The second kappa shape index (κ2) is 6.71. The molecule has 1 aromatic heterocycles. The second-order valence-electron chi connectivity index (χ2n) is 5.74. The lowest BCUT2D eigenvalue weighted by molar-refractivity contribution is 0.422. The lowest BCUT2D eigenvalue weighted by Gasteiger charge is -2.16. The first-order valence-corrected chi connectivity index (χ1v) is 8.41. The van der Waals surface area contributed by atoms with Gasteiger partial charge in [0.25, 0.3) is 0 Å². The van der Waals surface area contributed by atoms with Crippen molar-refractivity contribution in [1.29, 1.82) is 0 Å². The van der Waals surface area contributed by atoms with Crippen molar-refractivity contribution < 1.29 is 0 Å². The summed E-state index contributed by atoms with van der Waals surface area (Å²) in [7, 11) is 0. The molecule has 1 aromatic rings. The minimum atomic E-state index is 0.789. The van der Waals surface area contributed by atoms with Crippen LogP contribution in [0.25, 0.3) is 0 Å². The Balaban J connectivity index is 2.06. The Hall–Kier alpha value is -0.610. The molecule has 0 radical (unpaired) electrons.